The summed E-state index contributed by atoms with van der Waals surface area (Å²) in [5, 5.41) is 0. The molecule has 0 amide bonds. The summed E-state index contributed by atoms with van der Waals surface area (Å²) in [4.78, 5) is 13.5. The Hall–Kier alpha value is -2.95. The van der Waals surface area contributed by atoms with Crippen molar-refractivity contribution >= 4 is 0 Å². The van der Waals surface area contributed by atoms with E-state index < -0.39 is 0 Å². The second-order valence-corrected chi connectivity index (χ2v) is 4.99. The summed E-state index contributed by atoms with van der Waals surface area (Å²) >= 11 is 0. The molecule has 116 valence electrons. The minimum atomic E-state index is 0.620. The van der Waals surface area contributed by atoms with Gasteiger partial charge in [-0.2, -0.15) is 0 Å². The average Bonchev–Trinajstić information content (AvgIpc) is 2.61. The van der Waals surface area contributed by atoms with Crippen molar-refractivity contribution in [3.63, 3.8) is 0 Å². The summed E-state index contributed by atoms with van der Waals surface area (Å²) in [5.41, 5.74) is 1.78. The Morgan fingerprint density at radius 2 is 1.17 bits per heavy atom. The third-order valence-corrected chi connectivity index (χ3v) is 3.40. The Bertz CT molecular complexity index is 768. The van der Waals surface area contributed by atoms with E-state index in [2.05, 4.69) is 15.0 Å². The molecule has 2 aromatic carbocycles. The maximum Gasteiger partial charge on any atom is 0.163 e. The topological polar surface area (TPSA) is 57.1 Å². The highest BCUT2D eigenvalue weighted by molar-refractivity contribution is 5.63. The summed E-state index contributed by atoms with van der Waals surface area (Å²) in [6.45, 7) is 1.86. The van der Waals surface area contributed by atoms with Crippen LogP contribution in [0.5, 0.6) is 11.5 Å². The Morgan fingerprint density at radius 3 is 1.61 bits per heavy atom. The fraction of sp³-hybridized carbons (Fsp3) is 0.167. The molecule has 0 N–H and O–H groups in total. The minimum absolute atomic E-state index is 0.620. The fourth-order valence-corrected chi connectivity index (χ4v) is 2.26. The van der Waals surface area contributed by atoms with Gasteiger partial charge >= 0.3 is 0 Å². The molecule has 0 saturated heterocycles. The summed E-state index contributed by atoms with van der Waals surface area (Å²) in [5.74, 6) is 3.44. The van der Waals surface area contributed by atoms with Gasteiger partial charge in [0.15, 0.2) is 11.6 Å². The van der Waals surface area contributed by atoms with E-state index in [1.54, 1.807) is 14.2 Å². The van der Waals surface area contributed by atoms with Crippen molar-refractivity contribution in [1.29, 1.82) is 0 Å². The molecule has 0 aliphatic heterocycles. The van der Waals surface area contributed by atoms with Crippen LogP contribution in [0.3, 0.4) is 0 Å². The highest BCUT2D eigenvalue weighted by atomic mass is 16.5. The maximum atomic E-state index is 5.26. The summed E-state index contributed by atoms with van der Waals surface area (Å²) < 4.78 is 10.5. The first kappa shape index (κ1) is 15.0. The van der Waals surface area contributed by atoms with Crippen molar-refractivity contribution in [2.24, 2.45) is 0 Å². The number of nitrogens with zero attached hydrogens (tertiary/aromatic N) is 3. The lowest BCUT2D eigenvalue weighted by Crippen LogP contribution is -1.99. The first-order valence-corrected chi connectivity index (χ1v) is 7.21. The number of rotatable bonds is 4. The molecule has 0 radical (unpaired) electrons. The van der Waals surface area contributed by atoms with Crippen molar-refractivity contribution in [2.45, 2.75) is 6.92 Å². The van der Waals surface area contributed by atoms with Gasteiger partial charge < -0.3 is 9.47 Å². The van der Waals surface area contributed by atoms with E-state index in [9.17, 15) is 0 Å². The molecule has 0 bridgehead atoms. The first-order chi connectivity index (χ1) is 11.2. The molecule has 0 unspecified atom stereocenters. The van der Waals surface area contributed by atoms with E-state index in [-0.39, 0.29) is 0 Å². The smallest absolute Gasteiger partial charge is 0.163 e. The quantitative estimate of drug-likeness (QED) is 0.738. The molecule has 0 fully saturated rings. The molecular weight excluding hydrogens is 290 g/mol. The van der Waals surface area contributed by atoms with Crippen molar-refractivity contribution in [2.75, 3.05) is 14.2 Å². The number of benzene rings is 2. The number of ether oxygens (including phenoxy) is 2. The second-order valence-electron chi connectivity index (χ2n) is 4.99. The van der Waals surface area contributed by atoms with Gasteiger partial charge in [-0.25, -0.2) is 15.0 Å². The largest absolute Gasteiger partial charge is 0.497 e. The normalized spacial score (nSPS) is 10.4. The van der Waals surface area contributed by atoms with E-state index >= 15 is 0 Å². The molecule has 1 aromatic heterocycles. The van der Waals surface area contributed by atoms with Crippen LogP contribution in [-0.4, -0.2) is 29.2 Å². The van der Waals surface area contributed by atoms with Crippen molar-refractivity contribution in [1.82, 2.24) is 15.0 Å². The number of aromatic nitrogens is 3. The van der Waals surface area contributed by atoms with Crippen LogP contribution in [0.4, 0.5) is 0 Å². The molecule has 1 heterocycles. The van der Waals surface area contributed by atoms with E-state index in [0.717, 1.165) is 22.6 Å². The lowest BCUT2D eigenvalue weighted by Gasteiger charge is -2.08. The molecule has 5 nitrogen and oxygen atoms in total. The molecule has 3 aromatic rings. The molecule has 3 rings (SSSR count). The summed E-state index contributed by atoms with van der Waals surface area (Å²) in [7, 11) is 3.28. The van der Waals surface area contributed by atoms with E-state index in [0.29, 0.717) is 17.5 Å². The Balaban J connectivity index is 2.08. The van der Waals surface area contributed by atoms with Crippen LogP contribution in [0.1, 0.15) is 5.82 Å². The van der Waals surface area contributed by atoms with Gasteiger partial charge in [0.1, 0.15) is 17.3 Å². The summed E-state index contributed by atoms with van der Waals surface area (Å²) in [6, 6.07) is 15.3. The van der Waals surface area contributed by atoms with Crippen LogP contribution in [0.15, 0.2) is 48.5 Å². The van der Waals surface area contributed by atoms with Crippen molar-refractivity contribution in [3.05, 3.63) is 54.4 Å². The van der Waals surface area contributed by atoms with E-state index in [1.807, 2.05) is 55.5 Å². The van der Waals surface area contributed by atoms with Crippen LogP contribution in [-0.2, 0) is 0 Å². The molecular formula is C18H17N3O2. The van der Waals surface area contributed by atoms with Gasteiger partial charge in [0, 0.05) is 11.1 Å². The van der Waals surface area contributed by atoms with Gasteiger partial charge in [-0.3, -0.25) is 0 Å². The van der Waals surface area contributed by atoms with Crippen LogP contribution in [0.2, 0.25) is 0 Å². The van der Waals surface area contributed by atoms with Gasteiger partial charge in [-0.15, -0.1) is 0 Å². The van der Waals surface area contributed by atoms with Crippen LogP contribution < -0.4 is 9.47 Å². The second kappa shape index (κ2) is 6.44. The van der Waals surface area contributed by atoms with Crippen LogP contribution in [0, 0.1) is 6.92 Å². The molecule has 23 heavy (non-hydrogen) atoms. The number of hydrogen-bond donors (Lipinski definition) is 0. The highest BCUT2D eigenvalue weighted by Gasteiger charge is 2.10. The fourth-order valence-electron chi connectivity index (χ4n) is 2.26. The third-order valence-electron chi connectivity index (χ3n) is 3.40. The zero-order valence-electron chi connectivity index (χ0n) is 13.3. The Kier molecular flexibility index (Phi) is 4.19. The molecule has 0 spiro atoms. The van der Waals surface area contributed by atoms with Gasteiger partial charge in [0.2, 0.25) is 0 Å². The van der Waals surface area contributed by atoms with Crippen molar-refractivity contribution < 1.29 is 9.47 Å². The van der Waals surface area contributed by atoms with Crippen LogP contribution >= 0.6 is 0 Å². The zero-order valence-corrected chi connectivity index (χ0v) is 13.3. The van der Waals surface area contributed by atoms with E-state index in [4.69, 9.17) is 9.47 Å². The summed E-state index contributed by atoms with van der Waals surface area (Å²) in [6.07, 6.45) is 0. The molecule has 0 aliphatic carbocycles. The number of hydrogen-bond acceptors (Lipinski definition) is 5. The average molecular weight is 307 g/mol. The van der Waals surface area contributed by atoms with Gasteiger partial charge in [0.05, 0.1) is 14.2 Å². The maximum absolute atomic E-state index is 5.26. The lowest BCUT2D eigenvalue weighted by molar-refractivity contribution is 0.415. The van der Waals surface area contributed by atoms with Crippen molar-refractivity contribution in [3.8, 4) is 34.3 Å². The predicted molar refractivity (Wildman–Crippen MR) is 88.5 cm³/mol. The SMILES string of the molecule is COc1cccc(-c2nc(C)nc(-c3cccc(OC)c3)n2)c1. The lowest BCUT2D eigenvalue weighted by atomic mass is 10.1. The first-order valence-electron chi connectivity index (χ1n) is 7.21. The van der Waals surface area contributed by atoms with Gasteiger partial charge in [-0.05, 0) is 31.2 Å². The Labute approximate surface area is 135 Å². The van der Waals surface area contributed by atoms with Crippen LogP contribution in [0.25, 0.3) is 22.8 Å². The highest BCUT2D eigenvalue weighted by Crippen LogP contribution is 2.25. The molecule has 0 saturated carbocycles. The monoisotopic (exact) mass is 307 g/mol. The van der Waals surface area contributed by atoms with Gasteiger partial charge in [-0.1, -0.05) is 24.3 Å². The zero-order chi connectivity index (χ0) is 16.2. The number of aryl methyl sites for hydroxylation is 1. The van der Waals surface area contributed by atoms with E-state index in [1.165, 1.54) is 0 Å². The Morgan fingerprint density at radius 1 is 0.696 bits per heavy atom. The van der Waals surface area contributed by atoms with Gasteiger partial charge in [0.25, 0.3) is 0 Å². The molecule has 0 aliphatic rings. The number of methoxy groups -OCH3 is 2. The predicted octanol–water partition coefficient (Wildman–Crippen LogP) is 3.53. The minimum Gasteiger partial charge on any atom is -0.497 e. The molecule has 0 atom stereocenters. The third kappa shape index (κ3) is 3.29. The molecule has 5 heteroatoms. The standard InChI is InChI=1S/C18H17N3O2/c1-12-19-17(13-6-4-8-15(10-13)22-2)21-18(20-12)14-7-5-9-16(11-14)23-3/h4-11H,1-3H3.